The maximum absolute atomic E-state index is 14.0. The van der Waals surface area contributed by atoms with Crippen molar-refractivity contribution in [3.05, 3.63) is 45.6 Å². The fourth-order valence-electron chi connectivity index (χ4n) is 3.44. The van der Waals surface area contributed by atoms with Gasteiger partial charge in [0.15, 0.2) is 0 Å². The van der Waals surface area contributed by atoms with Crippen LogP contribution >= 0.6 is 11.3 Å². The Morgan fingerprint density at radius 2 is 2.12 bits per heavy atom. The molecule has 0 fully saturated rings. The van der Waals surface area contributed by atoms with Crippen molar-refractivity contribution in [3.8, 4) is 10.4 Å². The van der Waals surface area contributed by atoms with E-state index in [1.807, 2.05) is 6.07 Å². The third-order valence-electron chi connectivity index (χ3n) is 4.59. The number of thiophene rings is 1. The molecule has 3 rings (SSSR count). The molecule has 1 aliphatic carbocycles. The van der Waals surface area contributed by atoms with Crippen LogP contribution in [-0.2, 0) is 19.4 Å². The van der Waals surface area contributed by atoms with Crippen LogP contribution in [0.2, 0.25) is 0 Å². The van der Waals surface area contributed by atoms with Gasteiger partial charge >= 0.3 is 5.97 Å². The summed E-state index contributed by atoms with van der Waals surface area (Å²) < 4.78 is 14.0. The minimum absolute atomic E-state index is 0.106. The molecule has 128 valence electrons. The number of halogens is 1. The van der Waals surface area contributed by atoms with Gasteiger partial charge in [-0.25, -0.2) is 9.18 Å². The topological polar surface area (TPSA) is 49.3 Å². The largest absolute Gasteiger partial charge is 0.478 e. The SMILES string of the molecule is CNCc1cc(F)cc(-c2sc3c(c2C(=O)O)CC(C)(C)CC3)c1. The number of hydrogen-bond donors (Lipinski definition) is 2. The molecule has 24 heavy (non-hydrogen) atoms. The van der Waals surface area contributed by atoms with Gasteiger partial charge in [-0.3, -0.25) is 0 Å². The number of hydrogen-bond acceptors (Lipinski definition) is 3. The molecule has 0 spiro atoms. The van der Waals surface area contributed by atoms with Crippen LogP contribution in [0.3, 0.4) is 0 Å². The summed E-state index contributed by atoms with van der Waals surface area (Å²) in [7, 11) is 1.80. The van der Waals surface area contributed by atoms with E-state index in [9.17, 15) is 14.3 Å². The molecule has 5 heteroatoms. The van der Waals surface area contributed by atoms with E-state index in [1.165, 1.54) is 23.5 Å². The van der Waals surface area contributed by atoms with Crippen LogP contribution in [0.1, 0.15) is 46.6 Å². The first-order valence-electron chi connectivity index (χ1n) is 8.13. The molecule has 0 saturated heterocycles. The van der Waals surface area contributed by atoms with Crippen molar-refractivity contribution in [3.63, 3.8) is 0 Å². The number of fused-ring (bicyclic) bond motifs is 1. The fraction of sp³-hybridized carbons (Fsp3) is 0.421. The second-order valence-corrected chi connectivity index (χ2v) is 8.34. The number of carboxylic acid groups (broad SMARTS) is 1. The van der Waals surface area contributed by atoms with Crippen LogP contribution in [0.25, 0.3) is 10.4 Å². The smallest absolute Gasteiger partial charge is 0.337 e. The Morgan fingerprint density at radius 1 is 1.38 bits per heavy atom. The Morgan fingerprint density at radius 3 is 2.79 bits per heavy atom. The van der Waals surface area contributed by atoms with Crippen LogP contribution in [0, 0.1) is 11.2 Å². The third-order valence-corrected chi connectivity index (χ3v) is 5.93. The summed E-state index contributed by atoms with van der Waals surface area (Å²) in [6, 6.07) is 4.81. The molecule has 2 aromatic rings. The second-order valence-electron chi connectivity index (χ2n) is 7.23. The maximum Gasteiger partial charge on any atom is 0.337 e. The minimum atomic E-state index is -0.917. The van der Waals surface area contributed by atoms with Gasteiger partial charge in [0.2, 0.25) is 0 Å². The number of benzene rings is 1. The third kappa shape index (κ3) is 3.23. The van der Waals surface area contributed by atoms with Gasteiger partial charge < -0.3 is 10.4 Å². The Labute approximate surface area is 145 Å². The Hall–Kier alpha value is -1.72. The van der Waals surface area contributed by atoms with Gasteiger partial charge in [0.25, 0.3) is 0 Å². The molecule has 0 unspecified atom stereocenters. The normalized spacial score (nSPS) is 16.0. The summed E-state index contributed by atoms with van der Waals surface area (Å²) >= 11 is 1.51. The van der Waals surface area contributed by atoms with E-state index < -0.39 is 5.97 Å². The van der Waals surface area contributed by atoms with Crippen molar-refractivity contribution in [1.82, 2.24) is 5.32 Å². The zero-order valence-electron chi connectivity index (χ0n) is 14.2. The van der Waals surface area contributed by atoms with Crippen LogP contribution in [0.15, 0.2) is 18.2 Å². The van der Waals surface area contributed by atoms with E-state index in [1.54, 1.807) is 7.05 Å². The molecule has 1 heterocycles. The summed E-state index contributed by atoms with van der Waals surface area (Å²) in [5.41, 5.74) is 2.89. The summed E-state index contributed by atoms with van der Waals surface area (Å²) in [4.78, 5) is 13.8. The van der Waals surface area contributed by atoms with Crippen LogP contribution in [-0.4, -0.2) is 18.1 Å². The van der Waals surface area contributed by atoms with Crippen LogP contribution in [0.5, 0.6) is 0 Å². The highest BCUT2D eigenvalue weighted by atomic mass is 32.1. The molecular formula is C19H22FNO2S. The van der Waals surface area contributed by atoms with E-state index in [0.717, 1.165) is 35.3 Å². The van der Waals surface area contributed by atoms with Gasteiger partial charge in [-0.15, -0.1) is 11.3 Å². The number of aromatic carboxylic acids is 1. The van der Waals surface area contributed by atoms with Gasteiger partial charge in [0, 0.05) is 16.3 Å². The molecule has 2 N–H and O–H groups in total. The first kappa shape index (κ1) is 17.1. The quantitative estimate of drug-likeness (QED) is 0.857. The minimum Gasteiger partial charge on any atom is -0.478 e. The van der Waals surface area contributed by atoms with E-state index >= 15 is 0 Å². The molecule has 0 saturated carbocycles. The molecule has 0 radical (unpaired) electrons. The fourth-order valence-corrected chi connectivity index (χ4v) is 4.73. The molecular weight excluding hydrogens is 325 g/mol. The number of rotatable bonds is 4. The predicted molar refractivity (Wildman–Crippen MR) is 95.2 cm³/mol. The van der Waals surface area contributed by atoms with Gasteiger partial charge in [-0.2, -0.15) is 0 Å². The van der Waals surface area contributed by atoms with Crippen molar-refractivity contribution in [1.29, 1.82) is 0 Å². The average Bonchev–Trinajstić information content (AvgIpc) is 2.84. The molecule has 1 aromatic carbocycles. The molecule has 1 aliphatic rings. The van der Waals surface area contributed by atoms with Gasteiger partial charge in [0.1, 0.15) is 5.82 Å². The average molecular weight is 347 g/mol. The zero-order valence-corrected chi connectivity index (χ0v) is 15.0. The summed E-state index contributed by atoms with van der Waals surface area (Å²) in [6.07, 6.45) is 2.71. The number of nitrogens with one attached hydrogen (secondary N) is 1. The summed E-state index contributed by atoms with van der Waals surface area (Å²) in [5, 5.41) is 12.8. The molecule has 1 aromatic heterocycles. The van der Waals surface area contributed by atoms with E-state index in [2.05, 4.69) is 19.2 Å². The first-order chi connectivity index (χ1) is 11.3. The van der Waals surface area contributed by atoms with Crippen molar-refractivity contribution in [2.75, 3.05) is 7.05 Å². The van der Waals surface area contributed by atoms with E-state index in [4.69, 9.17) is 0 Å². The van der Waals surface area contributed by atoms with Crippen molar-refractivity contribution in [2.45, 2.75) is 39.7 Å². The number of carbonyl (C=O) groups is 1. The van der Waals surface area contributed by atoms with Gasteiger partial charge in [-0.05, 0) is 66.6 Å². The Balaban J connectivity index is 2.16. The summed E-state index contributed by atoms with van der Waals surface area (Å²) in [6.45, 7) is 4.89. The lowest BCUT2D eigenvalue weighted by Gasteiger charge is -2.29. The zero-order chi connectivity index (χ0) is 17.5. The molecule has 0 amide bonds. The standard InChI is InChI=1S/C19H22FNO2S/c1-19(2)5-4-15-14(9-19)16(18(22)23)17(24-15)12-6-11(10-21-3)7-13(20)8-12/h6-8,21H,4-5,9-10H2,1-3H3,(H,22,23). The molecule has 0 bridgehead atoms. The van der Waals surface area contributed by atoms with Crippen molar-refractivity contribution < 1.29 is 14.3 Å². The number of carboxylic acids is 1. The highest BCUT2D eigenvalue weighted by molar-refractivity contribution is 7.16. The number of aryl methyl sites for hydroxylation is 1. The van der Waals surface area contributed by atoms with Crippen LogP contribution < -0.4 is 5.32 Å². The second kappa shape index (κ2) is 6.30. The Kier molecular flexibility index (Phi) is 4.49. The van der Waals surface area contributed by atoms with Crippen LogP contribution in [0.4, 0.5) is 4.39 Å². The highest BCUT2D eigenvalue weighted by Crippen LogP contribution is 2.45. The molecule has 0 atom stereocenters. The highest BCUT2D eigenvalue weighted by Gasteiger charge is 2.33. The van der Waals surface area contributed by atoms with Gasteiger partial charge in [-0.1, -0.05) is 13.8 Å². The first-order valence-corrected chi connectivity index (χ1v) is 8.94. The van der Waals surface area contributed by atoms with E-state index in [0.29, 0.717) is 22.5 Å². The van der Waals surface area contributed by atoms with Crippen molar-refractivity contribution in [2.24, 2.45) is 5.41 Å². The van der Waals surface area contributed by atoms with Crippen molar-refractivity contribution >= 4 is 17.3 Å². The lowest BCUT2D eigenvalue weighted by molar-refractivity contribution is 0.0696. The Bertz CT molecular complexity index is 795. The van der Waals surface area contributed by atoms with Gasteiger partial charge in [0.05, 0.1) is 5.56 Å². The predicted octanol–water partition coefficient (Wildman–Crippen LogP) is 4.49. The monoisotopic (exact) mass is 347 g/mol. The lowest BCUT2D eigenvalue weighted by atomic mass is 9.76. The lowest BCUT2D eigenvalue weighted by Crippen LogP contribution is -2.22. The maximum atomic E-state index is 14.0. The molecule has 3 nitrogen and oxygen atoms in total. The molecule has 0 aliphatic heterocycles. The summed E-state index contributed by atoms with van der Waals surface area (Å²) in [5.74, 6) is -1.25. The van der Waals surface area contributed by atoms with E-state index in [-0.39, 0.29) is 11.2 Å².